The maximum absolute atomic E-state index is 13.0. The second kappa shape index (κ2) is 7.70. The van der Waals surface area contributed by atoms with E-state index >= 15 is 0 Å². The number of likely N-dealkylation sites (N-methyl/N-ethyl adjacent to an activating group) is 1. The van der Waals surface area contributed by atoms with Gasteiger partial charge >= 0.3 is 0 Å². The highest BCUT2D eigenvalue weighted by Gasteiger charge is 2.30. The van der Waals surface area contributed by atoms with Crippen LogP contribution in [0, 0.1) is 0 Å². The van der Waals surface area contributed by atoms with Crippen LogP contribution in [0.1, 0.15) is 32.1 Å². The van der Waals surface area contributed by atoms with Crippen LogP contribution in [0.2, 0.25) is 0 Å². The van der Waals surface area contributed by atoms with Crippen LogP contribution in [0.3, 0.4) is 0 Å². The molecule has 2 saturated heterocycles. The molecule has 1 aromatic rings. The first-order valence-electron chi connectivity index (χ1n) is 8.94. The number of pyridine rings is 1. The summed E-state index contributed by atoms with van der Waals surface area (Å²) in [6.45, 7) is 3.08. The first-order valence-corrected chi connectivity index (χ1v) is 10.4. The summed E-state index contributed by atoms with van der Waals surface area (Å²) in [6, 6.07) is 3.29. The van der Waals surface area contributed by atoms with Gasteiger partial charge in [-0.05, 0) is 31.4 Å². The number of sulfonamides is 1. The molecular formula is C17H26N4O3S. The molecule has 3 heterocycles. The van der Waals surface area contributed by atoms with E-state index in [-0.39, 0.29) is 10.8 Å². The molecular weight excluding hydrogens is 340 g/mol. The van der Waals surface area contributed by atoms with Gasteiger partial charge in [0.1, 0.15) is 10.7 Å². The molecule has 7 nitrogen and oxygen atoms in total. The summed E-state index contributed by atoms with van der Waals surface area (Å²) in [7, 11) is -1.71. The highest BCUT2D eigenvalue weighted by Crippen LogP contribution is 2.27. The zero-order chi connectivity index (χ0) is 17.9. The fourth-order valence-corrected chi connectivity index (χ4v) is 5.14. The summed E-state index contributed by atoms with van der Waals surface area (Å²) >= 11 is 0. The minimum atomic E-state index is -3.54. The van der Waals surface area contributed by atoms with Gasteiger partial charge in [0.25, 0.3) is 0 Å². The van der Waals surface area contributed by atoms with Crippen molar-refractivity contribution in [3.8, 4) is 0 Å². The van der Waals surface area contributed by atoms with Crippen molar-refractivity contribution < 1.29 is 13.2 Å². The van der Waals surface area contributed by atoms with Crippen LogP contribution < -0.4 is 4.90 Å². The Kier molecular flexibility index (Phi) is 5.58. The zero-order valence-electron chi connectivity index (χ0n) is 14.7. The Hall–Kier alpha value is -1.67. The SMILES string of the molecule is CN(CCN1CCCC1=O)c1ncccc1S(=O)(=O)N1CCCCC1. The zero-order valence-corrected chi connectivity index (χ0v) is 15.5. The predicted octanol–water partition coefficient (Wildman–Crippen LogP) is 1.31. The van der Waals surface area contributed by atoms with E-state index in [1.807, 2.05) is 16.8 Å². The summed E-state index contributed by atoms with van der Waals surface area (Å²) in [5.41, 5.74) is 0. The molecule has 0 spiro atoms. The molecule has 2 aliphatic heterocycles. The number of hydrogen-bond donors (Lipinski definition) is 0. The van der Waals surface area contributed by atoms with E-state index in [4.69, 9.17) is 0 Å². The lowest BCUT2D eigenvalue weighted by Gasteiger charge is -2.29. The lowest BCUT2D eigenvalue weighted by atomic mass is 10.2. The van der Waals surface area contributed by atoms with Gasteiger partial charge in [-0.3, -0.25) is 4.79 Å². The van der Waals surface area contributed by atoms with Crippen molar-refractivity contribution in [2.24, 2.45) is 0 Å². The average Bonchev–Trinajstić information content (AvgIpc) is 3.05. The number of anilines is 1. The topological polar surface area (TPSA) is 73.8 Å². The molecule has 0 saturated carbocycles. The molecule has 1 amide bonds. The summed E-state index contributed by atoms with van der Waals surface area (Å²) < 4.78 is 27.6. The molecule has 3 rings (SSSR count). The van der Waals surface area contributed by atoms with Crippen LogP contribution in [0.15, 0.2) is 23.2 Å². The average molecular weight is 366 g/mol. The number of likely N-dealkylation sites (tertiary alicyclic amines) is 1. The van der Waals surface area contributed by atoms with Crippen LogP contribution in [0.25, 0.3) is 0 Å². The molecule has 0 aromatic carbocycles. The highest BCUT2D eigenvalue weighted by molar-refractivity contribution is 7.89. The molecule has 2 aliphatic rings. The van der Waals surface area contributed by atoms with Crippen LogP contribution in [0.5, 0.6) is 0 Å². The van der Waals surface area contributed by atoms with Crippen molar-refractivity contribution in [3.05, 3.63) is 18.3 Å². The Morgan fingerprint density at radius 1 is 1.16 bits per heavy atom. The Morgan fingerprint density at radius 3 is 2.60 bits per heavy atom. The number of carbonyl (C=O) groups excluding carboxylic acids is 1. The van der Waals surface area contributed by atoms with Gasteiger partial charge in [-0.15, -0.1) is 0 Å². The fraction of sp³-hybridized carbons (Fsp3) is 0.647. The summed E-state index contributed by atoms with van der Waals surface area (Å²) in [5.74, 6) is 0.635. The molecule has 0 N–H and O–H groups in total. The number of nitrogens with zero attached hydrogens (tertiary/aromatic N) is 4. The fourth-order valence-electron chi connectivity index (χ4n) is 3.43. The van der Waals surface area contributed by atoms with Crippen molar-refractivity contribution in [1.82, 2.24) is 14.2 Å². The molecule has 1 aromatic heterocycles. The van der Waals surface area contributed by atoms with Crippen molar-refractivity contribution in [2.75, 3.05) is 44.7 Å². The molecule has 0 radical (unpaired) electrons. The normalized spacial score (nSPS) is 19.4. The maximum atomic E-state index is 13.0. The Morgan fingerprint density at radius 2 is 1.92 bits per heavy atom. The molecule has 0 bridgehead atoms. The summed E-state index contributed by atoms with van der Waals surface area (Å²) in [5, 5.41) is 0. The molecule has 0 aliphatic carbocycles. The second-order valence-corrected chi connectivity index (χ2v) is 8.60. The molecule has 0 unspecified atom stereocenters. The van der Waals surface area contributed by atoms with E-state index in [0.29, 0.717) is 38.4 Å². The first-order chi connectivity index (χ1) is 12.0. The van der Waals surface area contributed by atoms with Crippen LogP contribution in [0.4, 0.5) is 5.82 Å². The predicted molar refractivity (Wildman–Crippen MR) is 95.9 cm³/mol. The Balaban J connectivity index is 1.76. The van der Waals surface area contributed by atoms with Gasteiger partial charge in [0, 0.05) is 52.4 Å². The van der Waals surface area contributed by atoms with Gasteiger partial charge in [0.05, 0.1) is 0 Å². The first kappa shape index (κ1) is 18.1. The standard InChI is InChI=1S/C17H26N4O3S/c1-19(13-14-20-10-6-8-16(20)22)17-15(7-5-9-18-17)25(23,24)21-11-3-2-4-12-21/h5,7,9H,2-4,6,8,10-14H2,1H3. The second-order valence-electron chi connectivity index (χ2n) is 6.70. The third-order valence-electron chi connectivity index (χ3n) is 4.92. The maximum Gasteiger partial charge on any atom is 0.246 e. The Labute approximate surface area is 149 Å². The van der Waals surface area contributed by atoms with Crippen LogP contribution in [-0.2, 0) is 14.8 Å². The number of carbonyl (C=O) groups is 1. The minimum absolute atomic E-state index is 0.176. The smallest absolute Gasteiger partial charge is 0.246 e. The monoisotopic (exact) mass is 366 g/mol. The molecule has 138 valence electrons. The highest BCUT2D eigenvalue weighted by atomic mass is 32.2. The molecule has 25 heavy (non-hydrogen) atoms. The van der Waals surface area contributed by atoms with Crippen LogP contribution in [-0.4, -0.2) is 68.3 Å². The van der Waals surface area contributed by atoms with Crippen molar-refractivity contribution in [2.45, 2.75) is 37.0 Å². The van der Waals surface area contributed by atoms with E-state index < -0.39 is 10.0 Å². The van der Waals surface area contributed by atoms with Gasteiger partial charge in [0.2, 0.25) is 15.9 Å². The number of rotatable bonds is 6. The third-order valence-corrected chi connectivity index (χ3v) is 6.84. The number of hydrogen-bond acceptors (Lipinski definition) is 5. The van der Waals surface area contributed by atoms with Gasteiger partial charge in [-0.1, -0.05) is 6.42 Å². The third kappa shape index (κ3) is 3.95. The minimum Gasteiger partial charge on any atom is -0.357 e. The van der Waals surface area contributed by atoms with Gasteiger partial charge in [-0.25, -0.2) is 13.4 Å². The largest absolute Gasteiger partial charge is 0.357 e. The summed E-state index contributed by atoms with van der Waals surface area (Å²) in [6.07, 6.45) is 6.02. The summed E-state index contributed by atoms with van der Waals surface area (Å²) in [4.78, 5) is 20.0. The van der Waals surface area contributed by atoms with E-state index in [9.17, 15) is 13.2 Å². The number of amides is 1. The Bertz CT molecular complexity index is 716. The quantitative estimate of drug-likeness (QED) is 0.759. The van der Waals surface area contributed by atoms with E-state index in [1.54, 1.807) is 22.6 Å². The molecule has 8 heteroatoms. The van der Waals surface area contributed by atoms with Crippen molar-refractivity contribution in [1.29, 1.82) is 0 Å². The van der Waals surface area contributed by atoms with Gasteiger partial charge < -0.3 is 9.80 Å². The number of aromatic nitrogens is 1. The van der Waals surface area contributed by atoms with E-state index in [0.717, 1.165) is 32.2 Å². The van der Waals surface area contributed by atoms with Gasteiger partial charge in [0.15, 0.2) is 0 Å². The van der Waals surface area contributed by atoms with Crippen molar-refractivity contribution in [3.63, 3.8) is 0 Å². The lowest BCUT2D eigenvalue weighted by molar-refractivity contribution is -0.127. The van der Waals surface area contributed by atoms with E-state index in [2.05, 4.69) is 4.98 Å². The van der Waals surface area contributed by atoms with E-state index in [1.165, 1.54) is 0 Å². The van der Waals surface area contributed by atoms with Crippen molar-refractivity contribution >= 4 is 21.7 Å². The van der Waals surface area contributed by atoms with Crippen LogP contribution >= 0.6 is 0 Å². The number of piperidine rings is 1. The lowest BCUT2D eigenvalue weighted by Crippen LogP contribution is -2.38. The van der Waals surface area contributed by atoms with Gasteiger partial charge in [-0.2, -0.15) is 4.31 Å². The molecule has 2 fully saturated rings. The molecule has 0 atom stereocenters.